The number of halogens is 1. The first kappa shape index (κ1) is 13.9. The van der Waals surface area contributed by atoms with Crippen LogP contribution in [0.25, 0.3) is 0 Å². The van der Waals surface area contributed by atoms with Crippen molar-refractivity contribution in [2.75, 3.05) is 11.1 Å². The monoisotopic (exact) mass is 331 g/mol. The summed E-state index contributed by atoms with van der Waals surface area (Å²) >= 11 is 3.20. The number of nitrogens with one attached hydrogen (secondary N) is 1. The summed E-state index contributed by atoms with van der Waals surface area (Å²) in [5.41, 5.74) is 6.97. The van der Waals surface area contributed by atoms with Gasteiger partial charge in [0.1, 0.15) is 5.75 Å². The number of amides is 1. The minimum atomic E-state index is -0.480. The minimum absolute atomic E-state index is 0.135. The molecule has 1 amide bonds. The second-order valence-electron chi connectivity index (χ2n) is 4.03. The van der Waals surface area contributed by atoms with E-state index in [2.05, 4.69) is 21.2 Å². The van der Waals surface area contributed by atoms with Crippen LogP contribution >= 0.6 is 15.9 Å². The van der Waals surface area contributed by atoms with E-state index in [0.717, 1.165) is 0 Å². The average molecular weight is 332 g/mol. The molecule has 0 aliphatic carbocycles. The fraction of sp³-hybridized carbons (Fsp3) is 0. The van der Waals surface area contributed by atoms with Crippen molar-refractivity contribution >= 4 is 33.2 Å². The first-order valence-electron chi connectivity index (χ1n) is 5.61. The Morgan fingerprint density at radius 2 is 2.05 bits per heavy atom. The van der Waals surface area contributed by atoms with Crippen molar-refractivity contribution in [1.82, 2.24) is 0 Å². The first-order valence-corrected chi connectivity index (χ1v) is 6.40. The predicted molar refractivity (Wildman–Crippen MR) is 79.3 cm³/mol. The lowest BCUT2D eigenvalue weighted by molar-refractivity contribution is 0.102. The first-order chi connectivity index (χ1) is 9.51. The van der Waals surface area contributed by atoms with Gasteiger partial charge >= 0.3 is 0 Å². The van der Waals surface area contributed by atoms with E-state index >= 15 is 0 Å². The third kappa shape index (κ3) is 2.90. The van der Waals surface area contributed by atoms with Gasteiger partial charge in [-0.25, -0.2) is 0 Å². The molecule has 20 heavy (non-hydrogen) atoms. The molecule has 2 rings (SSSR count). The van der Waals surface area contributed by atoms with Crippen molar-refractivity contribution < 1.29 is 9.90 Å². The van der Waals surface area contributed by atoms with Gasteiger partial charge in [-0.2, -0.15) is 5.26 Å². The Kier molecular flexibility index (Phi) is 3.91. The van der Waals surface area contributed by atoms with Gasteiger partial charge in [0.25, 0.3) is 5.91 Å². The molecule has 0 atom stereocenters. The average Bonchev–Trinajstić information content (AvgIpc) is 2.40. The van der Waals surface area contributed by atoms with Crippen LogP contribution in [-0.2, 0) is 0 Å². The summed E-state index contributed by atoms with van der Waals surface area (Å²) in [4.78, 5) is 12.0. The zero-order valence-electron chi connectivity index (χ0n) is 10.2. The van der Waals surface area contributed by atoms with E-state index in [1.54, 1.807) is 18.2 Å². The summed E-state index contributed by atoms with van der Waals surface area (Å²) in [5.74, 6) is -0.615. The van der Waals surface area contributed by atoms with Crippen LogP contribution in [-0.4, -0.2) is 11.0 Å². The van der Waals surface area contributed by atoms with E-state index in [9.17, 15) is 9.90 Å². The van der Waals surface area contributed by atoms with Crippen molar-refractivity contribution in [2.24, 2.45) is 0 Å². The van der Waals surface area contributed by atoms with Crippen molar-refractivity contribution in [3.05, 3.63) is 52.0 Å². The van der Waals surface area contributed by atoms with Gasteiger partial charge in [-0.15, -0.1) is 0 Å². The topological polar surface area (TPSA) is 99.1 Å². The van der Waals surface area contributed by atoms with Crippen LogP contribution in [0.3, 0.4) is 0 Å². The van der Waals surface area contributed by atoms with Crippen LogP contribution in [0.2, 0.25) is 0 Å². The van der Waals surface area contributed by atoms with Crippen LogP contribution < -0.4 is 11.1 Å². The Bertz CT molecular complexity index is 723. The van der Waals surface area contributed by atoms with Gasteiger partial charge in [0.05, 0.1) is 28.6 Å². The van der Waals surface area contributed by atoms with Gasteiger partial charge in [-0.05, 0) is 36.4 Å². The lowest BCUT2D eigenvalue weighted by atomic mass is 10.1. The number of carbonyl (C=O) groups is 1. The smallest absolute Gasteiger partial charge is 0.259 e. The van der Waals surface area contributed by atoms with Gasteiger partial charge in [0.15, 0.2) is 0 Å². The Balaban J connectivity index is 2.26. The largest absolute Gasteiger partial charge is 0.507 e. The number of hydrogen-bond donors (Lipinski definition) is 3. The number of nitrogen functional groups attached to an aromatic ring is 1. The Labute approximate surface area is 123 Å². The molecule has 2 aromatic rings. The van der Waals surface area contributed by atoms with E-state index in [1.165, 1.54) is 18.2 Å². The van der Waals surface area contributed by atoms with Crippen LogP contribution in [0.5, 0.6) is 5.75 Å². The van der Waals surface area contributed by atoms with Gasteiger partial charge in [0, 0.05) is 4.47 Å². The summed E-state index contributed by atoms with van der Waals surface area (Å²) in [6.07, 6.45) is 0. The van der Waals surface area contributed by atoms with E-state index in [1.807, 2.05) is 6.07 Å². The second-order valence-corrected chi connectivity index (χ2v) is 4.95. The lowest BCUT2D eigenvalue weighted by Crippen LogP contribution is -2.13. The number of phenolic OH excluding ortho intramolecular Hbond substituents is 1. The quantitative estimate of drug-likeness (QED) is 0.736. The number of phenols is 1. The van der Waals surface area contributed by atoms with E-state index in [0.29, 0.717) is 15.7 Å². The molecule has 0 aromatic heterocycles. The highest BCUT2D eigenvalue weighted by molar-refractivity contribution is 9.10. The van der Waals surface area contributed by atoms with Gasteiger partial charge < -0.3 is 16.2 Å². The molecule has 0 aliphatic rings. The molecule has 0 spiro atoms. The highest BCUT2D eigenvalue weighted by Gasteiger charge is 2.13. The predicted octanol–water partition coefficient (Wildman–Crippen LogP) is 2.86. The maximum atomic E-state index is 12.0. The molecule has 5 nitrogen and oxygen atoms in total. The van der Waals surface area contributed by atoms with E-state index in [-0.39, 0.29) is 17.0 Å². The molecule has 0 unspecified atom stereocenters. The number of carbonyl (C=O) groups excluding carboxylic acids is 1. The van der Waals surface area contributed by atoms with E-state index in [4.69, 9.17) is 11.0 Å². The molecule has 0 saturated heterocycles. The minimum Gasteiger partial charge on any atom is -0.507 e. The Morgan fingerprint density at radius 3 is 2.65 bits per heavy atom. The summed E-state index contributed by atoms with van der Waals surface area (Å²) in [7, 11) is 0. The molecular weight excluding hydrogens is 322 g/mol. The van der Waals surface area contributed by atoms with Crippen LogP contribution in [0, 0.1) is 11.3 Å². The van der Waals surface area contributed by atoms with Gasteiger partial charge in [-0.1, -0.05) is 15.9 Å². The normalized spacial score (nSPS) is 9.80. The number of anilines is 2. The summed E-state index contributed by atoms with van der Waals surface area (Å²) < 4.78 is 0.671. The fourth-order valence-electron chi connectivity index (χ4n) is 1.63. The maximum absolute atomic E-state index is 12.0. The SMILES string of the molecule is N#Cc1ccc(NC(=O)c2ccc(Br)cc2O)c(N)c1. The molecular formula is C14H10BrN3O2. The zero-order valence-corrected chi connectivity index (χ0v) is 11.8. The fourth-order valence-corrected chi connectivity index (χ4v) is 1.98. The van der Waals surface area contributed by atoms with Crippen molar-refractivity contribution in [3.8, 4) is 11.8 Å². The lowest BCUT2D eigenvalue weighted by Gasteiger charge is -2.09. The molecule has 0 radical (unpaired) electrons. The molecule has 0 aliphatic heterocycles. The Morgan fingerprint density at radius 1 is 1.30 bits per heavy atom. The van der Waals surface area contributed by atoms with Crippen LogP contribution in [0.15, 0.2) is 40.9 Å². The number of nitrogens with two attached hydrogens (primary N) is 1. The third-order valence-electron chi connectivity index (χ3n) is 2.63. The molecule has 0 saturated carbocycles. The third-order valence-corrected chi connectivity index (χ3v) is 3.13. The zero-order chi connectivity index (χ0) is 14.7. The molecule has 0 bridgehead atoms. The number of nitrogens with zero attached hydrogens (tertiary/aromatic N) is 1. The standard InChI is InChI=1S/C14H10BrN3O2/c15-9-2-3-10(13(19)6-9)14(20)18-12-4-1-8(7-16)5-11(12)17/h1-6,19H,17H2,(H,18,20). The van der Waals surface area contributed by atoms with Crippen LogP contribution in [0.4, 0.5) is 11.4 Å². The second kappa shape index (κ2) is 5.63. The number of rotatable bonds is 2. The molecule has 0 fully saturated rings. The van der Waals surface area contributed by atoms with Gasteiger partial charge in [-0.3, -0.25) is 4.79 Å². The number of benzene rings is 2. The molecule has 4 N–H and O–H groups in total. The number of hydrogen-bond acceptors (Lipinski definition) is 4. The van der Waals surface area contributed by atoms with Gasteiger partial charge in [0.2, 0.25) is 0 Å². The summed E-state index contributed by atoms with van der Waals surface area (Å²) in [6.45, 7) is 0. The number of nitriles is 1. The highest BCUT2D eigenvalue weighted by atomic mass is 79.9. The molecule has 2 aromatic carbocycles. The summed E-state index contributed by atoms with van der Waals surface area (Å²) in [6, 6.07) is 11.1. The van der Waals surface area contributed by atoms with E-state index < -0.39 is 5.91 Å². The molecule has 6 heteroatoms. The molecule has 100 valence electrons. The highest BCUT2D eigenvalue weighted by Crippen LogP contribution is 2.25. The maximum Gasteiger partial charge on any atom is 0.259 e. The molecule has 0 heterocycles. The van der Waals surface area contributed by atoms with Crippen LogP contribution in [0.1, 0.15) is 15.9 Å². The van der Waals surface area contributed by atoms with Crippen molar-refractivity contribution in [1.29, 1.82) is 5.26 Å². The van der Waals surface area contributed by atoms with Crippen molar-refractivity contribution in [3.63, 3.8) is 0 Å². The Hall–Kier alpha value is -2.52. The summed E-state index contributed by atoms with van der Waals surface area (Å²) in [5, 5.41) is 21.1. The van der Waals surface area contributed by atoms with Crippen molar-refractivity contribution in [2.45, 2.75) is 0 Å². The number of aromatic hydroxyl groups is 1.